The van der Waals surface area contributed by atoms with Gasteiger partial charge in [-0.25, -0.2) is 0 Å². The van der Waals surface area contributed by atoms with Crippen molar-refractivity contribution >= 4 is 34.1 Å². The van der Waals surface area contributed by atoms with Crippen LogP contribution < -0.4 is 10.9 Å². The van der Waals surface area contributed by atoms with Crippen LogP contribution in [0.1, 0.15) is 21.0 Å². The maximum atomic E-state index is 12.1. The van der Waals surface area contributed by atoms with E-state index in [1.165, 1.54) is 11.3 Å². The van der Waals surface area contributed by atoms with E-state index in [1.54, 1.807) is 6.07 Å². The van der Waals surface area contributed by atoms with Crippen molar-refractivity contribution in [1.82, 2.24) is 10.9 Å². The summed E-state index contributed by atoms with van der Waals surface area (Å²) in [7, 11) is 0. The van der Waals surface area contributed by atoms with Gasteiger partial charge in [0.2, 0.25) is 5.91 Å². The molecule has 2 aromatic heterocycles. The van der Waals surface area contributed by atoms with E-state index in [0.29, 0.717) is 5.58 Å². The fourth-order valence-electron chi connectivity index (χ4n) is 2.19. The first-order chi connectivity index (χ1) is 10.6. The highest BCUT2D eigenvalue weighted by Gasteiger charge is 2.17. The third-order valence-electron chi connectivity index (χ3n) is 3.28. The van der Waals surface area contributed by atoms with Gasteiger partial charge in [-0.05, 0) is 24.4 Å². The van der Waals surface area contributed by atoms with Crippen LogP contribution in [0.25, 0.3) is 11.0 Å². The third-order valence-corrected chi connectivity index (χ3v) is 4.16. The second-order valence-corrected chi connectivity index (χ2v) is 5.84. The van der Waals surface area contributed by atoms with Gasteiger partial charge in [0, 0.05) is 15.8 Å². The van der Waals surface area contributed by atoms with Crippen LogP contribution in [0, 0.1) is 6.92 Å². The normalized spacial score (nSPS) is 10.6. The zero-order valence-electron chi connectivity index (χ0n) is 11.9. The molecule has 112 valence electrons. The Labute approximate surface area is 130 Å². The number of carbonyl (C=O) groups is 2. The van der Waals surface area contributed by atoms with Gasteiger partial charge in [-0.15, -0.1) is 11.3 Å². The summed E-state index contributed by atoms with van der Waals surface area (Å²) >= 11 is 1.50. The highest BCUT2D eigenvalue weighted by atomic mass is 32.1. The first-order valence-corrected chi connectivity index (χ1v) is 7.63. The molecule has 6 heteroatoms. The van der Waals surface area contributed by atoms with E-state index in [4.69, 9.17) is 4.42 Å². The van der Waals surface area contributed by atoms with Crippen LogP contribution in [0.4, 0.5) is 0 Å². The largest absolute Gasteiger partial charge is 0.451 e. The number of nitrogens with one attached hydrogen (secondary N) is 2. The lowest BCUT2D eigenvalue weighted by Crippen LogP contribution is -2.42. The minimum Gasteiger partial charge on any atom is -0.451 e. The van der Waals surface area contributed by atoms with Crippen LogP contribution in [0.3, 0.4) is 0 Å². The molecule has 0 aliphatic carbocycles. The Hall–Kier alpha value is -2.60. The van der Waals surface area contributed by atoms with E-state index in [1.807, 2.05) is 42.6 Å². The second-order valence-electron chi connectivity index (χ2n) is 4.81. The Morgan fingerprint density at radius 3 is 2.68 bits per heavy atom. The molecular weight excluding hydrogens is 300 g/mol. The number of aryl methyl sites for hydroxylation is 1. The summed E-state index contributed by atoms with van der Waals surface area (Å²) in [4.78, 5) is 24.8. The topological polar surface area (TPSA) is 71.3 Å². The van der Waals surface area contributed by atoms with Crippen molar-refractivity contribution in [2.45, 2.75) is 13.3 Å². The molecule has 1 aromatic carbocycles. The average Bonchev–Trinajstić information content (AvgIpc) is 3.13. The van der Waals surface area contributed by atoms with E-state index in [-0.39, 0.29) is 18.1 Å². The van der Waals surface area contributed by atoms with Crippen molar-refractivity contribution in [3.05, 3.63) is 58.0 Å². The van der Waals surface area contributed by atoms with E-state index in [0.717, 1.165) is 15.8 Å². The molecule has 0 radical (unpaired) electrons. The summed E-state index contributed by atoms with van der Waals surface area (Å²) in [6.45, 7) is 1.81. The standard InChI is InChI=1S/C16H14N2O3S/c1-10-12-6-2-3-7-13(12)21-15(10)16(20)18-17-14(19)9-11-5-4-8-22-11/h2-8H,9H2,1H3,(H,17,19)(H,18,20). The molecule has 0 bridgehead atoms. The summed E-state index contributed by atoms with van der Waals surface area (Å²) in [5, 5.41) is 2.79. The molecule has 22 heavy (non-hydrogen) atoms. The lowest BCUT2D eigenvalue weighted by molar-refractivity contribution is -0.121. The van der Waals surface area contributed by atoms with Crippen molar-refractivity contribution in [3.63, 3.8) is 0 Å². The number of hydrogen-bond acceptors (Lipinski definition) is 4. The van der Waals surface area contributed by atoms with Crippen molar-refractivity contribution in [3.8, 4) is 0 Å². The van der Waals surface area contributed by atoms with Crippen molar-refractivity contribution in [2.24, 2.45) is 0 Å². The molecule has 0 saturated carbocycles. The molecular formula is C16H14N2O3S. The van der Waals surface area contributed by atoms with Crippen molar-refractivity contribution in [2.75, 3.05) is 0 Å². The zero-order valence-corrected chi connectivity index (χ0v) is 12.7. The minimum absolute atomic E-state index is 0.206. The molecule has 0 saturated heterocycles. The number of hydrazine groups is 1. The molecule has 0 unspecified atom stereocenters. The first-order valence-electron chi connectivity index (χ1n) is 6.75. The van der Waals surface area contributed by atoms with E-state index >= 15 is 0 Å². The van der Waals surface area contributed by atoms with Crippen LogP contribution in [0.15, 0.2) is 46.2 Å². The summed E-state index contributed by atoms with van der Waals surface area (Å²) in [5.74, 6) is -0.532. The summed E-state index contributed by atoms with van der Waals surface area (Å²) < 4.78 is 5.54. The third kappa shape index (κ3) is 2.87. The van der Waals surface area contributed by atoms with Gasteiger partial charge in [0.1, 0.15) is 5.58 Å². The van der Waals surface area contributed by atoms with Crippen LogP contribution in [-0.2, 0) is 11.2 Å². The maximum Gasteiger partial charge on any atom is 0.305 e. The van der Waals surface area contributed by atoms with Gasteiger partial charge >= 0.3 is 5.91 Å². The maximum absolute atomic E-state index is 12.1. The SMILES string of the molecule is Cc1c(C(=O)NNC(=O)Cc2cccs2)oc2ccccc12. The number of carbonyl (C=O) groups excluding carboxylic acids is 2. The lowest BCUT2D eigenvalue weighted by atomic mass is 10.1. The summed E-state index contributed by atoms with van der Waals surface area (Å²) in [6.07, 6.45) is 0.233. The average molecular weight is 314 g/mol. The number of para-hydroxylation sites is 1. The Kier molecular flexibility index (Phi) is 3.93. The van der Waals surface area contributed by atoms with Gasteiger partial charge in [-0.3, -0.25) is 20.4 Å². The number of hydrogen-bond donors (Lipinski definition) is 2. The van der Waals surface area contributed by atoms with E-state index < -0.39 is 5.91 Å². The molecule has 2 heterocycles. The van der Waals surface area contributed by atoms with Crippen molar-refractivity contribution < 1.29 is 14.0 Å². The molecule has 0 atom stereocenters. The Morgan fingerprint density at radius 1 is 1.14 bits per heavy atom. The van der Waals surface area contributed by atoms with Crippen LogP contribution in [0.5, 0.6) is 0 Å². The summed E-state index contributed by atoms with van der Waals surface area (Å²) in [6, 6.07) is 11.2. The number of furan rings is 1. The minimum atomic E-state index is -0.465. The van der Waals surface area contributed by atoms with Gasteiger partial charge in [-0.2, -0.15) is 0 Å². The molecule has 2 amide bonds. The highest BCUT2D eigenvalue weighted by molar-refractivity contribution is 7.10. The number of benzene rings is 1. The fraction of sp³-hybridized carbons (Fsp3) is 0.125. The molecule has 0 fully saturated rings. The molecule has 0 aliphatic heterocycles. The Morgan fingerprint density at radius 2 is 1.95 bits per heavy atom. The first kappa shape index (κ1) is 14.3. The van der Waals surface area contributed by atoms with E-state index in [9.17, 15) is 9.59 Å². The predicted octanol–water partition coefficient (Wildman–Crippen LogP) is 2.81. The van der Waals surface area contributed by atoms with Gasteiger partial charge < -0.3 is 4.42 Å². The number of amides is 2. The van der Waals surface area contributed by atoms with Crippen LogP contribution in [0.2, 0.25) is 0 Å². The van der Waals surface area contributed by atoms with Crippen LogP contribution >= 0.6 is 11.3 Å². The van der Waals surface area contributed by atoms with Crippen LogP contribution in [-0.4, -0.2) is 11.8 Å². The highest BCUT2D eigenvalue weighted by Crippen LogP contribution is 2.24. The Balaban J connectivity index is 1.66. The Bertz CT molecular complexity index is 821. The van der Waals surface area contributed by atoms with Gasteiger partial charge in [-0.1, -0.05) is 24.3 Å². The van der Waals surface area contributed by atoms with Gasteiger partial charge in [0.25, 0.3) is 0 Å². The summed E-state index contributed by atoms with van der Waals surface area (Å²) in [5.41, 5.74) is 6.18. The predicted molar refractivity (Wildman–Crippen MR) is 84.6 cm³/mol. The fourth-order valence-corrected chi connectivity index (χ4v) is 2.89. The van der Waals surface area contributed by atoms with Crippen molar-refractivity contribution in [1.29, 1.82) is 0 Å². The molecule has 3 rings (SSSR count). The molecule has 2 N–H and O–H groups in total. The smallest absolute Gasteiger partial charge is 0.305 e. The molecule has 0 aliphatic rings. The van der Waals surface area contributed by atoms with Gasteiger partial charge in [0.05, 0.1) is 6.42 Å². The lowest BCUT2D eigenvalue weighted by Gasteiger charge is -2.05. The zero-order chi connectivity index (χ0) is 15.5. The number of rotatable bonds is 3. The monoisotopic (exact) mass is 314 g/mol. The molecule has 5 nitrogen and oxygen atoms in total. The number of fused-ring (bicyclic) bond motifs is 1. The molecule has 3 aromatic rings. The number of thiophene rings is 1. The quantitative estimate of drug-likeness (QED) is 0.730. The van der Waals surface area contributed by atoms with Gasteiger partial charge in [0.15, 0.2) is 5.76 Å². The second kappa shape index (κ2) is 6.03. The van der Waals surface area contributed by atoms with E-state index in [2.05, 4.69) is 10.9 Å². The molecule has 0 spiro atoms.